The van der Waals surface area contributed by atoms with Crippen molar-refractivity contribution in [3.05, 3.63) is 35.5 Å². The topological polar surface area (TPSA) is 45.2 Å². The first-order chi connectivity index (χ1) is 10.1. The summed E-state index contributed by atoms with van der Waals surface area (Å²) in [6, 6.07) is 7.15. The highest BCUT2D eigenvalue weighted by Gasteiger charge is 2.18. The fraction of sp³-hybridized carbons (Fsp3) is 0.375. The van der Waals surface area contributed by atoms with Gasteiger partial charge in [0.05, 0.1) is 5.52 Å². The summed E-state index contributed by atoms with van der Waals surface area (Å²) in [5.41, 5.74) is 1.71. The maximum Gasteiger partial charge on any atom is 0.244 e. The van der Waals surface area contributed by atoms with Crippen molar-refractivity contribution >= 4 is 34.1 Å². The van der Waals surface area contributed by atoms with Crippen LogP contribution in [0.4, 0.5) is 5.69 Å². The normalized spacial score (nSPS) is 12.2. The van der Waals surface area contributed by atoms with E-state index >= 15 is 0 Å². The highest BCUT2D eigenvalue weighted by atomic mass is 35.5. The summed E-state index contributed by atoms with van der Waals surface area (Å²) in [6.07, 6.45) is 1.72. The van der Waals surface area contributed by atoms with E-state index in [0.717, 1.165) is 16.6 Å². The second kappa shape index (κ2) is 6.76. The van der Waals surface area contributed by atoms with Crippen LogP contribution in [0.3, 0.4) is 0 Å². The minimum absolute atomic E-state index is 0.0962. The zero-order valence-electron chi connectivity index (χ0n) is 12.6. The second-order valence-electron chi connectivity index (χ2n) is 4.90. The van der Waals surface area contributed by atoms with E-state index in [2.05, 4.69) is 10.3 Å². The zero-order chi connectivity index (χ0) is 15.4. The van der Waals surface area contributed by atoms with Crippen molar-refractivity contribution in [2.75, 3.05) is 18.4 Å². The van der Waals surface area contributed by atoms with Gasteiger partial charge in [0.1, 0.15) is 6.04 Å². The molecule has 2 aromatic rings. The first kappa shape index (κ1) is 15.6. The minimum Gasteiger partial charge on any atom is -0.373 e. The molecular formula is C16H20ClN3O. The molecule has 0 saturated heterocycles. The Balaban J connectivity index is 2.25. The number of amides is 1. The summed E-state index contributed by atoms with van der Waals surface area (Å²) < 4.78 is 0. The van der Waals surface area contributed by atoms with E-state index in [-0.39, 0.29) is 11.9 Å². The summed E-state index contributed by atoms with van der Waals surface area (Å²) in [5.74, 6) is 0.0962. The molecule has 1 aromatic carbocycles. The van der Waals surface area contributed by atoms with Crippen molar-refractivity contribution in [1.29, 1.82) is 0 Å². The highest BCUT2D eigenvalue weighted by Crippen LogP contribution is 2.25. The van der Waals surface area contributed by atoms with Gasteiger partial charge in [-0.2, -0.15) is 0 Å². The number of carbonyl (C=O) groups is 1. The van der Waals surface area contributed by atoms with E-state index in [1.54, 1.807) is 6.20 Å². The van der Waals surface area contributed by atoms with E-state index < -0.39 is 0 Å². The van der Waals surface area contributed by atoms with E-state index in [1.807, 2.05) is 49.9 Å². The fourth-order valence-corrected chi connectivity index (χ4v) is 2.52. The Labute approximate surface area is 130 Å². The molecule has 0 fully saturated rings. The summed E-state index contributed by atoms with van der Waals surface area (Å²) in [4.78, 5) is 18.4. The number of anilines is 1. The number of nitrogens with zero attached hydrogens (tertiary/aromatic N) is 2. The minimum atomic E-state index is -0.286. The first-order valence-corrected chi connectivity index (χ1v) is 7.54. The Morgan fingerprint density at radius 2 is 2.05 bits per heavy atom. The van der Waals surface area contributed by atoms with E-state index in [4.69, 9.17) is 11.6 Å². The molecule has 112 valence electrons. The van der Waals surface area contributed by atoms with Gasteiger partial charge in [-0.1, -0.05) is 11.6 Å². The number of hydrogen-bond donors (Lipinski definition) is 1. The van der Waals surface area contributed by atoms with Crippen molar-refractivity contribution in [3.8, 4) is 0 Å². The van der Waals surface area contributed by atoms with Gasteiger partial charge in [-0.05, 0) is 45.0 Å². The molecule has 1 heterocycles. The summed E-state index contributed by atoms with van der Waals surface area (Å²) in [7, 11) is 0. The third kappa shape index (κ3) is 3.45. The predicted molar refractivity (Wildman–Crippen MR) is 87.8 cm³/mol. The molecule has 1 N–H and O–H groups in total. The van der Waals surface area contributed by atoms with Crippen LogP contribution < -0.4 is 5.32 Å². The molecule has 1 aromatic heterocycles. The average Bonchev–Trinajstić information content (AvgIpc) is 2.48. The molecule has 0 radical (unpaired) electrons. The number of likely N-dealkylation sites (N-methyl/N-ethyl adjacent to an activating group) is 1. The lowest BCUT2D eigenvalue weighted by Crippen LogP contribution is -2.41. The van der Waals surface area contributed by atoms with Gasteiger partial charge in [0.15, 0.2) is 0 Å². The van der Waals surface area contributed by atoms with E-state index in [9.17, 15) is 4.79 Å². The van der Waals surface area contributed by atoms with Gasteiger partial charge < -0.3 is 10.2 Å². The van der Waals surface area contributed by atoms with Gasteiger partial charge in [0.2, 0.25) is 5.91 Å². The molecule has 0 aliphatic carbocycles. The number of hydrogen-bond acceptors (Lipinski definition) is 3. The van der Waals surface area contributed by atoms with Crippen molar-refractivity contribution in [2.45, 2.75) is 26.8 Å². The monoisotopic (exact) mass is 305 g/mol. The molecule has 0 aliphatic rings. The second-order valence-corrected chi connectivity index (χ2v) is 5.33. The Morgan fingerprint density at radius 1 is 1.33 bits per heavy atom. The van der Waals surface area contributed by atoms with Crippen molar-refractivity contribution in [1.82, 2.24) is 9.88 Å². The van der Waals surface area contributed by atoms with Crippen LogP contribution in [-0.4, -0.2) is 34.9 Å². The van der Waals surface area contributed by atoms with E-state index in [0.29, 0.717) is 18.1 Å². The number of carbonyl (C=O) groups excluding carboxylic acids is 1. The summed E-state index contributed by atoms with van der Waals surface area (Å²) >= 11 is 5.99. The molecular weight excluding hydrogens is 286 g/mol. The Hall–Kier alpha value is -1.81. The molecule has 4 nitrogen and oxygen atoms in total. The third-order valence-electron chi connectivity index (χ3n) is 3.52. The largest absolute Gasteiger partial charge is 0.373 e. The van der Waals surface area contributed by atoms with Crippen LogP contribution in [0.25, 0.3) is 10.9 Å². The zero-order valence-corrected chi connectivity index (χ0v) is 13.3. The lowest BCUT2D eigenvalue weighted by atomic mass is 10.1. The third-order valence-corrected chi connectivity index (χ3v) is 3.76. The molecule has 0 saturated carbocycles. The molecule has 0 aliphatic heterocycles. The van der Waals surface area contributed by atoms with E-state index in [1.165, 1.54) is 0 Å². The molecule has 5 heteroatoms. The number of benzene rings is 1. The Kier molecular flexibility index (Phi) is 5.02. The predicted octanol–water partition coefficient (Wildman–Crippen LogP) is 3.56. The van der Waals surface area contributed by atoms with Crippen LogP contribution in [0, 0.1) is 0 Å². The average molecular weight is 306 g/mol. The highest BCUT2D eigenvalue weighted by molar-refractivity contribution is 6.31. The Bertz CT molecular complexity index is 640. The van der Waals surface area contributed by atoms with Crippen molar-refractivity contribution < 1.29 is 4.79 Å². The van der Waals surface area contributed by atoms with Gasteiger partial charge in [-0.25, -0.2) is 0 Å². The SMILES string of the molecule is CCN(CC)C(=O)C(C)Nc1ccnc2cc(Cl)ccc12. The number of halogens is 1. The smallest absolute Gasteiger partial charge is 0.244 e. The van der Waals surface area contributed by atoms with Gasteiger partial charge >= 0.3 is 0 Å². The van der Waals surface area contributed by atoms with Gasteiger partial charge in [-0.3, -0.25) is 9.78 Å². The maximum atomic E-state index is 12.3. The van der Waals surface area contributed by atoms with Gasteiger partial charge in [-0.15, -0.1) is 0 Å². The quantitative estimate of drug-likeness (QED) is 0.918. The molecule has 1 unspecified atom stereocenters. The molecule has 1 atom stereocenters. The lowest BCUT2D eigenvalue weighted by Gasteiger charge is -2.24. The summed E-state index contributed by atoms with van der Waals surface area (Å²) in [6.45, 7) is 7.28. The van der Waals surface area contributed by atoms with Crippen LogP contribution in [0.15, 0.2) is 30.5 Å². The summed E-state index contributed by atoms with van der Waals surface area (Å²) in [5, 5.41) is 4.89. The lowest BCUT2D eigenvalue weighted by molar-refractivity contribution is -0.131. The standard InChI is InChI=1S/C16H20ClN3O/c1-4-20(5-2)16(21)11(3)19-14-8-9-18-15-10-12(17)6-7-13(14)15/h6-11H,4-5H2,1-3H3,(H,18,19). The fourth-order valence-electron chi connectivity index (χ4n) is 2.35. The first-order valence-electron chi connectivity index (χ1n) is 7.16. The molecule has 1 amide bonds. The van der Waals surface area contributed by atoms with Gasteiger partial charge in [0.25, 0.3) is 0 Å². The molecule has 2 rings (SSSR count). The molecule has 0 spiro atoms. The van der Waals surface area contributed by atoms with Crippen LogP contribution in [-0.2, 0) is 4.79 Å². The number of fused-ring (bicyclic) bond motifs is 1. The number of nitrogens with one attached hydrogen (secondary N) is 1. The van der Waals surface area contributed by atoms with Crippen molar-refractivity contribution in [3.63, 3.8) is 0 Å². The number of rotatable bonds is 5. The Morgan fingerprint density at radius 3 is 2.71 bits per heavy atom. The van der Waals surface area contributed by atoms with Crippen LogP contribution in [0.1, 0.15) is 20.8 Å². The van der Waals surface area contributed by atoms with Crippen molar-refractivity contribution in [2.24, 2.45) is 0 Å². The van der Waals surface area contributed by atoms with Crippen LogP contribution in [0.2, 0.25) is 5.02 Å². The van der Waals surface area contributed by atoms with Gasteiger partial charge in [0, 0.05) is 35.4 Å². The number of aromatic nitrogens is 1. The molecule has 21 heavy (non-hydrogen) atoms. The maximum absolute atomic E-state index is 12.3. The van der Waals surface area contributed by atoms with Crippen LogP contribution in [0.5, 0.6) is 0 Å². The van der Waals surface area contributed by atoms with Crippen LogP contribution >= 0.6 is 11.6 Å². The molecule has 0 bridgehead atoms. The number of pyridine rings is 1.